The Morgan fingerprint density at radius 3 is 2.73 bits per heavy atom. The average molecular weight is 209 g/mol. The van der Waals surface area contributed by atoms with Gasteiger partial charge in [-0.3, -0.25) is 4.79 Å². The zero-order valence-corrected chi connectivity index (χ0v) is 8.86. The molecule has 1 rings (SSSR count). The Balaban J connectivity index is 2.82. The first-order valence-electron chi connectivity index (χ1n) is 4.66. The fraction of sp³-hybridized carbons (Fsp3) is 0.364. The Kier molecular flexibility index (Phi) is 3.68. The molecule has 0 radical (unpaired) electrons. The van der Waals surface area contributed by atoms with Crippen LogP contribution in [0.15, 0.2) is 18.2 Å². The number of carboxylic acid groups (broad SMARTS) is 1. The maximum atomic E-state index is 10.6. The summed E-state index contributed by atoms with van der Waals surface area (Å²) in [6, 6.07) is 4.66. The monoisotopic (exact) mass is 209 g/mol. The molecule has 4 heteroatoms. The smallest absolute Gasteiger partial charge is 0.320 e. The predicted molar refractivity (Wildman–Crippen MR) is 57.0 cm³/mol. The normalized spacial score (nSPS) is 12.2. The van der Waals surface area contributed by atoms with Crippen molar-refractivity contribution in [1.29, 1.82) is 0 Å². The van der Waals surface area contributed by atoms with E-state index >= 15 is 0 Å². The molecule has 1 aromatic carbocycles. The summed E-state index contributed by atoms with van der Waals surface area (Å²) in [5.74, 6) is -0.217. The van der Waals surface area contributed by atoms with E-state index < -0.39 is 12.0 Å². The van der Waals surface area contributed by atoms with Gasteiger partial charge in [0.2, 0.25) is 0 Å². The van der Waals surface area contributed by atoms with E-state index in [1.54, 1.807) is 13.2 Å². The van der Waals surface area contributed by atoms with E-state index in [9.17, 15) is 4.79 Å². The summed E-state index contributed by atoms with van der Waals surface area (Å²) in [6.07, 6.45) is 0.338. The standard InChI is InChI=1S/C11H15NO3/c1-7-5-9(15-2)4-3-8(7)6-10(12)11(13)14/h3-5,10H,6,12H2,1-2H3,(H,13,14)/t10-/m0/s1. The predicted octanol–water partition coefficient (Wildman–Crippen LogP) is 0.958. The van der Waals surface area contributed by atoms with Crippen LogP contribution in [0.3, 0.4) is 0 Å². The van der Waals surface area contributed by atoms with Gasteiger partial charge in [-0.25, -0.2) is 0 Å². The summed E-state index contributed by atoms with van der Waals surface area (Å²) in [4.78, 5) is 10.6. The number of benzene rings is 1. The van der Waals surface area contributed by atoms with Gasteiger partial charge in [-0.05, 0) is 36.6 Å². The zero-order valence-electron chi connectivity index (χ0n) is 8.86. The van der Waals surface area contributed by atoms with Crippen molar-refractivity contribution in [2.75, 3.05) is 7.11 Å². The van der Waals surface area contributed by atoms with Crippen molar-refractivity contribution in [3.63, 3.8) is 0 Å². The van der Waals surface area contributed by atoms with Crippen LogP contribution in [0.4, 0.5) is 0 Å². The molecule has 0 aromatic heterocycles. The number of hydrogen-bond acceptors (Lipinski definition) is 3. The molecule has 0 saturated carbocycles. The maximum Gasteiger partial charge on any atom is 0.320 e. The minimum atomic E-state index is -0.981. The van der Waals surface area contributed by atoms with Crippen molar-refractivity contribution in [1.82, 2.24) is 0 Å². The summed E-state index contributed by atoms with van der Waals surface area (Å²) in [6.45, 7) is 1.91. The molecule has 3 N–H and O–H groups in total. The summed E-state index contributed by atoms with van der Waals surface area (Å²) >= 11 is 0. The lowest BCUT2D eigenvalue weighted by Crippen LogP contribution is -2.32. The highest BCUT2D eigenvalue weighted by atomic mass is 16.5. The summed E-state index contributed by atoms with van der Waals surface area (Å²) in [5.41, 5.74) is 7.38. The highest BCUT2D eigenvalue weighted by Gasteiger charge is 2.13. The van der Waals surface area contributed by atoms with Crippen molar-refractivity contribution in [3.8, 4) is 5.75 Å². The van der Waals surface area contributed by atoms with Gasteiger partial charge in [-0.1, -0.05) is 6.07 Å². The van der Waals surface area contributed by atoms with Gasteiger partial charge in [0.25, 0.3) is 0 Å². The molecule has 0 aliphatic rings. The summed E-state index contributed by atoms with van der Waals surface area (Å²) in [5, 5.41) is 8.69. The Morgan fingerprint density at radius 1 is 1.60 bits per heavy atom. The first-order chi connectivity index (χ1) is 7.04. The minimum Gasteiger partial charge on any atom is -0.497 e. The van der Waals surface area contributed by atoms with Crippen LogP contribution in [0.5, 0.6) is 5.75 Å². The molecule has 82 valence electrons. The number of hydrogen-bond donors (Lipinski definition) is 2. The van der Waals surface area contributed by atoms with Crippen LogP contribution in [0.25, 0.3) is 0 Å². The van der Waals surface area contributed by atoms with Crippen LogP contribution in [-0.2, 0) is 11.2 Å². The average Bonchev–Trinajstić information content (AvgIpc) is 2.20. The van der Waals surface area contributed by atoms with Crippen LogP contribution in [0.2, 0.25) is 0 Å². The lowest BCUT2D eigenvalue weighted by atomic mass is 10.0. The number of rotatable bonds is 4. The second kappa shape index (κ2) is 4.79. The number of nitrogens with two attached hydrogens (primary N) is 1. The highest BCUT2D eigenvalue weighted by Crippen LogP contribution is 2.17. The molecule has 4 nitrogen and oxygen atoms in total. The van der Waals surface area contributed by atoms with Crippen LogP contribution >= 0.6 is 0 Å². The Morgan fingerprint density at radius 2 is 2.27 bits per heavy atom. The second-order valence-corrected chi connectivity index (χ2v) is 3.44. The Labute approximate surface area is 88.7 Å². The number of methoxy groups -OCH3 is 1. The first kappa shape index (κ1) is 11.5. The number of aryl methyl sites for hydroxylation is 1. The van der Waals surface area contributed by atoms with E-state index in [0.717, 1.165) is 16.9 Å². The molecule has 0 heterocycles. The lowest BCUT2D eigenvalue weighted by Gasteiger charge is -2.10. The fourth-order valence-electron chi connectivity index (χ4n) is 1.35. The van der Waals surface area contributed by atoms with E-state index in [1.165, 1.54) is 0 Å². The first-order valence-corrected chi connectivity index (χ1v) is 4.66. The highest BCUT2D eigenvalue weighted by molar-refractivity contribution is 5.73. The third-order valence-corrected chi connectivity index (χ3v) is 2.31. The third kappa shape index (κ3) is 2.95. The Hall–Kier alpha value is -1.55. The van der Waals surface area contributed by atoms with Crippen molar-refractivity contribution in [2.24, 2.45) is 5.73 Å². The van der Waals surface area contributed by atoms with Gasteiger partial charge in [-0.2, -0.15) is 0 Å². The quantitative estimate of drug-likeness (QED) is 0.774. The van der Waals surface area contributed by atoms with Crippen molar-refractivity contribution in [2.45, 2.75) is 19.4 Å². The molecule has 0 bridgehead atoms. The fourth-order valence-corrected chi connectivity index (χ4v) is 1.35. The molecule has 0 unspecified atom stereocenters. The van der Waals surface area contributed by atoms with Gasteiger partial charge in [0.1, 0.15) is 11.8 Å². The largest absolute Gasteiger partial charge is 0.497 e. The second-order valence-electron chi connectivity index (χ2n) is 3.44. The van der Waals surface area contributed by atoms with Crippen LogP contribution in [-0.4, -0.2) is 24.2 Å². The van der Waals surface area contributed by atoms with E-state index in [0.29, 0.717) is 6.42 Å². The van der Waals surface area contributed by atoms with Gasteiger partial charge >= 0.3 is 5.97 Å². The van der Waals surface area contributed by atoms with Crippen molar-refractivity contribution < 1.29 is 14.6 Å². The molecular weight excluding hydrogens is 194 g/mol. The molecule has 1 atom stereocenters. The van der Waals surface area contributed by atoms with Crippen LogP contribution < -0.4 is 10.5 Å². The van der Waals surface area contributed by atoms with Gasteiger partial charge in [0, 0.05) is 0 Å². The van der Waals surface area contributed by atoms with Crippen molar-refractivity contribution in [3.05, 3.63) is 29.3 Å². The molecule has 0 saturated heterocycles. The Bertz CT molecular complexity index is 363. The van der Waals surface area contributed by atoms with Crippen LogP contribution in [0.1, 0.15) is 11.1 Å². The van der Waals surface area contributed by atoms with E-state index in [1.807, 2.05) is 19.1 Å². The molecule has 0 amide bonds. The summed E-state index contributed by atoms with van der Waals surface area (Å²) < 4.78 is 5.05. The molecule has 0 fully saturated rings. The van der Waals surface area contributed by atoms with Gasteiger partial charge in [0.05, 0.1) is 7.11 Å². The number of carbonyl (C=O) groups is 1. The summed E-state index contributed by atoms with van der Waals surface area (Å²) in [7, 11) is 1.59. The van der Waals surface area contributed by atoms with E-state index in [-0.39, 0.29) is 0 Å². The maximum absolute atomic E-state index is 10.6. The van der Waals surface area contributed by atoms with Gasteiger partial charge in [-0.15, -0.1) is 0 Å². The van der Waals surface area contributed by atoms with E-state index in [2.05, 4.69) is 0 Å². The molecule has 0 spiro atoms. The van der Waals surface area contributed by atoms with Gasteiger partial charge in [0.15, 0.2) is 0 Å². The lowest BCUT2D eigenvalue weighted by molar-refractivity contribution is -0.138. The minimum absolute atomic E-state index is 0.338. The number of aliphatic carboxylic acids is 1. The SMILES string of the molecule is COc1ccc(C[C@H](N)C(=O)O)c(C)c1. The molecule has 0 aliphatic heterocycles. The topological polar surface area (TPSA) is 72.5 Å². The molecule has 1 aromatic rings. The zero-order chi connectivity index (χ0) is 11.4. The van der Waals surface area contributed by atoms with Gasteiger partial charge < -0.3 is 15.6 Å². The van der Waals surface area contributed by atoms with Crippen LogP contribution in [0, 0.1) is 6.92 Å². The van der Waals surface area contributed by atoms with E-state index in [4.69, 9.17) is 15.6 Å². The molecular formula is C11H15NO3. The number of ether oxygens (including phenoxy) is 1. The third-order valence-electron chi connectivity index (χ3n) is 2.31. The molecule has 0 aliphatic carbocycles. The van der Waals surface area contributed by atoms with Crippen molar-refractivity contribution >= 4 is 5.97 Å². The number of carboxylic acids is 1. The molecule has 15 heavy (non-hydrogen) atoms.